The lowest BCUT2D eigenvalue weighted by Crippen LogP contribution is -2.22. The Morgan fingerprint density at radius 2 is 1.71 bits per heavy atom. The number of hydrogen-bond donors (Lipinski definition) is 3. The highest BCUT2D eigenvalue weighted by Crippen LogP contribution is 2.37. The number of phosphoric ester groups is 1. The summed E-state index contributed by atoms with van der Waals surface area (Å²) in [5, 5.41) is 10.2. The molecule has 1 aliphatic rings. The number of nitrogens with zero attached hydrogens (tertiary/aromatic N) is 1. The van der Waals surface area contributed by atoms with Crippen LogP contribution in [0.1, 0.15) is 32.1 Å². The standard InChI is InChI=1S/C6H6NO6P.C6H13N/c8-7(9)5-1-3-6(4-2-5)13-14(10,11)12;7-6-4-2-1-3-5-6/h1-4H,(H2,10,11,12);6H,1-5,7H2. The molecule has 1 saturated carbocycles. The zero-order valence-corrected chi connectivity index (χ0v) is 12.3. The topological polar surface area (TPSA) is 136 Å². The third-order valence-electron chi connectivity index (χ3n) is 2.92. The molecule has 118 valence electrons. The van der Waals surface area contributed by atoms with E-state index >= 15 is 0 Å². The summed E-state index contributed by atoms with van der Waals surface area (Å²) in [5.74, 6) is -0.121. The summed E-state index contributed by atoms with van der Waals surface area (Å²) in [5.41, 5.74) is 5.46. The van der Waals surface area contributed by atoms with E-state index in [1.807, 2.05) is 0 Å². The van der Waals surface area contributed by atoms with Crippen LogP contribution in [0.25, 0.3) is 0 Å². The predicted molar refractivity (Wildman–Crippen MR) is 76.8 cm³/mol. The van der Waals surface area contributed by atoms with Crippen molar-refractivity contribution in [3.05, 3.63) is 34.4 Å². The van der Waals surface area contributed by atoms with Crippen LogP contribution in [0.15, 0.2) is 24.3 Å². The van der Waals surface area contributed by atoms with Gasteiger partial charge in [-0.25, -0.2) is 4.57 Å². The molecule has 0 amide bonds. The molecule has 0 bridgehead atoms. The van der Waals surface area contributed by atoms with Gasteiger partial charge in [0.1, 0.15) is 5.75 Å². The maximum atomic E-state index is 10.4. The van der Waals surface area contributed by atoms with E-state index in [0.29, 0.717) is 6.04 Å². The molecule has 1 aromatic rings. The first-order valence-electron chi connectivity index (χ1n) is 6.53. The van der Waals surface area contributed by atoms with Gasteiger partial charge in [-0.05, 0) is 25.0 Å². The quantitative estimate of drug-likeness (QED) is 0.442. The van der Waals surface area contributed by atoms with Gasteiger partial charge in [0.05, 0.1) is 4.92 Å². The van der Waals surface area contributed by atoms with E-state index in [0.717, 1.165) is 24.3 Å². The van der Waals surface area contributed by atoms with Crippen LogP contribution in [-0.2, 0) is 4.57 Å². The monoisotopic (exact) mass is 318 g/mol. The van der Waals surface area contributed by atoms with E-state index < -0.39 is 12.7 Å². The van der Waals surface area contributed by atoms with Crippen molar-refractivity contribution in [1.29, 1.82) is 0 Å². The number of phosphoric acid groups is 1. The molecule has 1 aromatic carbocycles. The smallest absolute Gasteiger partial charge is 0.404 e. The second kappa shape index (κ2) is 8.09. The van der Waals surface area contributed by atoms with E-state index in [-0.39, 0.29) is 11.4 Å². The van der Waals surface area contributed by atoms with Crippen LogP contribution < -0.4 is 10.3 Å². The molecule has 0 aliphatic heterocycles. The molecular formula is C12H19N2O6P. The predicted octanol–water partition coefficient (Wildman–Crippen LogP) is 2.34. The van der Waals surface area contributed by atoms with E-state index in [1.54, 1.807) is 0 Å². The van der Waals surface area contributed by atoms with Crippen LogP contribution in [-0.4, -0.2) is 20.8 Å². The maximum Gasteiger partial charge on any atom is 0.524 e. The van der Waals surface area contributed by atoms with Crippen molar-refractivity contribution in [2.24, 2.45) is 5.73 Å². The average Bonchev–Trinajstić information content (AvgIpc) is 2.39. The van der Waals surface area contributed by atoms with Gasteiger partial charge in [-0.3, -0.25) is 19.9 Å². The van der Waals surface area contributed by atoms with Gasteiger partial charge >= 0.3 is 7.82 Å². The zero-order chi connectivity index (χ0) is 15.9. The minimum atomic E-state index is -4.60. The molecule has 0 atom stereocenters. The number of nitrogens with two attached hydrogens (primary N) is 1. The van der Waals surface area contributed by atoms with E-state index in [4.69, 9.17) is 15.5 Å². The molecule has 9 heteroatoms. The fourth-order valence-electron chi connectivity index (χ4n) is 1.90. The van der Waals surface area contributed by atoms with E-state index in [1.165, 1.54) is 32.1 Å². The van der Waals surface area contributed by atoms with Gasteiger partial charge < -0.3 is 10.3 Å². The minimum Gasteiger partial charge on any atom is -0.404 e. The van der Waals surface area contributed by atoms with Crippen LogP contribution in [0.4, 0.5) is 5.69 Å². The number of nitro groups is 1. The lowest BCUT2D eigenvalue weighted by molar-refractivity contribution is -0.384. The van der Waals surface area contributed by atoms with Crippen molar-refractivity contribution in [3.63, 3.8) is 0 Å². The third-order valence-corrected chi connectivity index (χ3v) is 3.37. The highest BCUT2D eigenvalue weighted by Gasteiger charge is 2.16. The molecule has 0 saturated heterocycles. The maximum absolute atomic E-state index is 10.4. The normalized spacial score (nSPS) is 15.8. The molecule has 0 aromatic heterocycles. The first-order chi connectivity index (χ1) is 9.78. The van der Waals surface area contributed by atoms with Crippen LogP contribution in [0.5, 0.6) is 5.75 Å². The van der Waals surface area contributed by atoms with Crippen molar-refractivity contribution in [2.75, 3.05) is 0 Å². The SMILES string of the molecule is NC1CCCCC1.O=[N+]([O-])c1ccc(OP(=O)(O)O)cc1. The van der Waals surface area contributed by atoms with Crippen molar-refractivity contribution < 1.29 is 23.8 Å². The van der Waals surface area contributed by atoms with Crippen molar-refractivity contribution >= 4 is 13.5 Å². The van der Waals surface area contributed by atoms with Crippen molar-refractivity contribution in [3.8, 4) is 5.75 Å². The molecule has 0 heterocycles. The van der Waals surface area contributed by atoms with Gasteiger partial charge in [0.25, 0.3) is 5.69 Å². The molecular weight excluding hydrogens is 299 g/mol. The van der Waals surface area contributed by atoms with Gasteiger partial charge in [-0.15, -0.1) is 0 Å². The summed E-state index contributed by atoms with van der Waals surface area (Å²) in [6.07, 6.45) is 6.66. The Balaban J connectivity index is 0.000000262. The molecule has 4 N–H and O–H groups in total. The molecule has 2 rings (SSSR count). The Hall–Kier alpha value is -1.47. The molecule has 1 aliphatic carbocycles. The molecule has 0 radical (unpaired) electrons. The number of rotatable bonds is 3. The van der Waals surface area contributed by atoms with Gasteiger partial charge in [-0.1, -0.05) is 19.3 Å². The van der Waals surface area contributed by atoms with Gasteiger partial charge in [0.15, 0.2) is 0 Å². The first-order valence-corrected chi connectivity index (χ1v) is 8.06. The zero-order valence-electron chi connectivity index (χ0n) is 11.4. The van der Waals surface area contributed by atoms with Crippen LogP contribution in [0, 0.1) is 10.1 Å². The first kappa shape index (κ1) is 17.6. The summed E-state index contributed by atoms with van der Waals surface area (Å²) in [4.78, 5) is 26.4. The second-order valence-electron chi connectivity index (χ2n) is 4.73. The number of non-ortho nitro benzene ring substituents is 1. The minimum absolute atomic E-state index is 0.121. The molecule has 8 nitrogen and oxygen atoms in total. The Morgan fingerprint density at radius 1 is 1.19 bits per heavy atom. The van der Waals surface area contributed by atoms with Crippen LogP contribution >= 0.6 is 7.82 Å². The number of nitro benzene ring substituents is 1. The highest BCUT2D eigenvalue weighted by atomic mass is 31.2. The lowest BCUT2D eigenvalue weighted by Gasteiger charge is -2.15. The van der Waals surface area contributed by atoms with Crippen LogP contribution in [0.3, 0.4) is 0 Å². The number of hydrogen-bond acceptors (Lipinski definition) is 5. The summed E-state index contributed by atoms with van der Waals surface area (Å²) >= 11 is 0. The molecule has 0 unspecified atom stereocenters. The Kier molecular flexibility index (Phi) is 6.77. The summed E-state index contributed by atoms with van der Waals surface area (Å²) in [6, 6.07) is 4.93. The Morgan fingerprint density at radius 3 is 2.05 bits per heavy atom. The summed E-state index contributed by atoms with van der Waals surface area (Å²) in [7, 11) is -4.60. The molecule has 1 fully saturated rings. The average molecular weight is 318 g/mol. The van der Waals surface area contributed by atoms with E-state index in [9.17, 15) is 14.7 Å². The van der Waals surface area contributed by atoms with Gasteiger partial charge in [0.2, 0.25) is 0 Å². The summed E-state index contributed by atoms with van der Waals surface area (Å²) < 4.78 is 14.5. The van der Waals surface area contributed by atoms with E-state index in [2.05, 4.69) is 4.52 Å². The lowest BCUT2D eigenvalue weighted by atomic mass is 9.97. The second-order valence-corrected chi connectivity index (χ2v) is 5.89. The fraction of sp³-hybridized carbons (Fsp3) is 0.500. The van der Waals surface area contributed by atoms with Crippen molar-refractivity contribution in [2.45, 2.75) is 38.1 Å². The largest absolute Gasteiger partial charge is 0.524 e. The third kappa shape index (κ3) is 7.77. The summed E-state index contributed by atoms with van der Waals surface area (Å²) in [6.45, 7) is 0. The Labute approximate surface area is 122 Å². The van der Waals surface area contributed by atoms with Crippen LogP contribution in [0.2, 0.25) is 0 Å². The number of benzene rings is 1. The molecule has 0 spiro atoms. The molecule has 21 heavy (non-hydrogen) atoms. The fourth-order valence-corrected chi connectivity index (χ4v) is 2.30. The van der Waals surface area contributed by atoms with Crippen molar-refractivity contribution in [1.82, 2.24) is 0 Å². The van der Waals surface area contributed by atoms with Gasteiger partial charge in [0, 0.05) is 18.2 Å². The Bertz CT molecular complexity index is 495. The van der Waals surface area contributed by atoms with Gasteiger partial charge in [-0.2, -0.15) is 0 Å². The highest BCUT2D eigenvalue weighted by molar-refractivity contribution is 7.46.